The molecule has 0 N–H and O–H groups in total. The van der Waals surface area contributed by atoms with Crippen molar-refractivity contribution in [3.05, 3.63) is 29.1 Å². The molecule has 1 fully saturated rings. The average Bonchev–Trinajstić information content (AvgIpc) is 3.02. The maximum absolute atomic E-state index is 11.8. The van der Waals surface area contributed by atoms with Gasteiger partial charge in [-0.1, -0.05) is 12.1 Å². The zero-order valence-electron chi connectivity index (χ0n) is 14.7. The number of ether oxygens (including phenoxy) is 2. The van der Waals surface area contributed by atoms with Crippen molar-refractivity contribution in [2.75, 3.05) is 32.6 Å². The van der Waals surface area contributed by atoms with E-state index in [0.717, 1.165) is 17.9 Å². The van der Waals surface area contributed by atoms with Crippen molar-refractivity contribution in [1.82, 2.24) is 14.7 Å². The van der Waals surface area contributed by atoms with E-state index in [0.29, 0.717) is 36.3 Å². The summed E-state index contributed by atoms with van der Waals surface area (Å²) in [6.07, 6.45) is 0. The number of para-hydroxylation sites is 1. The molecule has 0 radical (unpaired) electrons. The number of carbonyl (C=O) groups is 1. The van der Waals surface area contributed by atoms with Gasteiger partial charge in [-0.2, -0.15) is 0 Å². The average molecular weight is 396 g/mol. The van der Waals surface area contributed by atoms with Crippen LogP contribution >= 0.6 is 24.0 Å². The summed E-state index contributed by atoms with van der Waals surface area (Å²) in [6, 6.07) is 7.57. The molecule has 1 aliphatic heterocycles. The fourth-order valence-corrected chi connectivity index (χ4v) is 4.10. The van der Waals surface area contributed by atoms with Gasteiger partial charge in [-0.15, -0.1) is 16.9 Å². The number of benzene rings is 1. The largest absolute Gasteiger partial charge is 0.493 e. The quantitative estimate of drug-likeness (QED) is 0.546. The van der Waals surface area contributed by atoms with E-state index in [4.69, 9.17) is 26.1 Å². The topological polar surface area (TPSA) is 69.7 Å². The SMILES string of the molecule is CCOc1ccccc1-c1nn(CN2CCS[C@@H](C(=O)OC)C2)c(=S)o1. The van der Waals surface area contributed by atoms with Crippen molar-refractivity contribution in [2.24, 2.45) is 0 Å². The van der Waals surface area contributed by atoms with E-state index in [2.05, 4.69) is 10.00 Å². The first-order valence-corrected chi connectivity index (χ1v) is 9.80. The number of methoxy groups -OCH3 is 1. The number of esters is 1. The van der Waals surface area contributed by atoms with Crippen LogP contribution in [0.15, 0.2) is 28.7 Å². The Bertz CT molecular complexity index is 820. The summed E-state index contributed by atoms with van der Waals surface area (Å²) in [5.74, 6) is 1.79. The smallest absolute Gasteiger partial charge is 0.320 e. The summed E-state index contributed by atoms with van der Waals surface area (Å²) in [5.41, 5.74) is 0.765. The number of carbonyl (C=O) groups excluding carboxylic acids is 1. The van der Waals surface area contributed by atoms with Crippen LogP contribution in [-0.2, 0) is 16.2 Å². The summed E-state index contributed by atoms with van der Waals surface area (Å²) in [6.45, 7) is 4.39. The molecular weight excluding hydrogens is 374 g/mol. The Balaban J connectivity index is 1.77. The molecule has 0 amide bonds. The first-order chi connectivity index (χ1) is 12.6. The van der Waals surface area contributed by atoms with Crippen LogP contribution < -0.4 is 4.74 Å². The molecule has 1 saturated heterocycles. The van der Waals surface area contributed by atoms with Gasteiger partial charge in [0.25, 0.3) is 10.7 Å². The molecule has 26 heavy (non-hydrogen) atoms. The van der Waals surface area contributed by atoms with Crippen LogP contribution in [0.3, 0.4) is 0 Å². The van der Waals surface area contributed by atoms with Crippen molar-refractivity contribution in [2.45, 2.75) is 18.8 Å². The summed E-state index contributed by atoms with van der Waals surface area (Å²) < 4.78 is 17.8. The number of nitrogens with zero attached hydrogens (tertiary/aromatic N) is 3. The molecule has 1 atom stereocenters. The van der Waals surface area contributed by atoms with Gasteiger partial charge in [0.05, 0.1) is 25.9 Å². The zero-order chi connectivity index (χ0) is 18.5. The maximum atomic E-state index is 11.8. The highest BCUT2D eigenvalue weighted by molar-refractivity contribution is 8.00. The summed E-state index contributed by atoms with van der Waals surface area (Å²) in [5, 5.41) is 4.32. The van der Waals surface area contributed by atoms with Crippen molar-refractivity contribution in [3.63, 3.8) is 0 Å². The fourth-order valence-electron chi connectivity index (χ4n) is 2.72. The minimum atomic E-state index is -0.199. The highest BCUT2D eigenvalue weighted by Crippen LogP contribution is 2.29. The summed E-state index contributed by atoms with van der Waals surface area (Å²) in [4.78, 5) is 14.2. The number of hydrogen-bond donors (Lipinski definition) is 0. The lowest BCUT2D eigenvalue weighted by molar-refractivity contribution is -0.140. The monoisotopic (exact) mass is 395 g/mol. The molecule has 1 aromatic carbocycles. The van der Waals surface area contributed by atoms with Crippen LogP contribution in [0.5, 0.6) is 5.75 Å². The van der Waals surface area contributed by atoms with Gasteiger partial charge in [-0.3, -0.25) is 9.69 Å². The van der Waals surface area contributed by atoms with Crippen molar-refractivity contribution >= 4 is 29.9 Å². The Kier molecular flexibility index (Phi) is 6.33. The molecule has 0 aliphatic carbocycles. The van der Waals surface area contributed by atoms with E-state index in [1.54, 1.807) is 16.4 Å². The van der Waals surface area contributed by atoms with Gasteiger partial charge in [0.15, 0.2) is 0 Å². The third-order valence-electron chi connectivity index (χ3n) is 3.97. The lowest BCUT2D eigenvalue weighted by Crippen LogP contribution is -2.42. The molecule has 2 heterocycles. The highest BCUT2D eigenvalue weighted by Gasteiger charge is 2.27. The van der Waals surface area contributed by atoms with Crippen LogP contribution in [0.4, 0.5) is 0 Å². The van der Waals surface area contributed by atoms with Gasteiger partial charge in [0.2, 0.25) is 0 Å². The minimum Gasteiger partial charge on any atom is -0.493 e. The Labute approximate surface area is 161 Å². The Morgan fingerprint density at radius 1 is 1.46 bits per heavy atom. The molecule has 7 nitrogen and oxygen atoms in total. The molecule has 0 unspecified atom stereocenters. The van der Waals surface area contributed by atoms with Gasteiger partial charge in [0, 0.05) is 18.8 Å². The minimum absolute atomic E-state index is 0.187. The first kappa shape index (κ1) is 18.9. The number of thioether (sulfide) groups is 1. The second-order valence-corrected chi connectivity index (χ2v) is 7.36. The molecule has 140 valence electrons. The molecule has 0 spiro atoms. The molecule has 9 heteroatoms. The van der Waals surface area contributed by atoms with Crippen molar-refractivity contribution in [1.29, 1.82) is 0 Å². The lowest BCUT2D eigenvalue weighted by Gasteiger charge is -2.30. The maximum Gasteiger partial charge on any atom is 0.320 e. The van der Waals surface area contributed by atoms with Crippen molar-refractivity contribution in [3.8, 4) is 17.2 Å². The van der Waals surface area contributed by atoms with Crippen LogP contribution in [0.2, 0.25) is 0 Å². The highest BCUT2D eigenvalue weighted by atomic mass is 32.2. The van der Waals surface area contributed by atoms with Crippen LogP contribution in [0, 0.1) is 4.84 Å². The van der Waals surface area contributed by atoms with E-state index in [1.165, 1.54) is 7.11 Å². The normalized spacial score (nSPS) is 17.8. The second kappa shape index (κ2) is 8.70. The third-order valence-corrected chi connectivity index (χ3v) is 5.43. The van der Waals surface area contributed by atoms with Gasteiger partial charge in [-0.05, 0) is 31.3 Å². The number of rotatable bonds is 6. The molecule has 2 aromatic rings. The van der Waals surface area contributed by atoms with E-state index < -0.39 is 0 Å². The molecule has 0 bridgehead atoms. The van der Waals surface area contributed by atoms with Crippen molar-refractivity contribution < 1.29 is 18.7 Å². The molecule has 1 aliphatic rings. The Hall–Kier alpha value is -1.84. The van der Waals surface area contributed by atoms with E-state index in [9.17, 15) is 4.79 Å². The van der Waals surface area contributed by atoms with E-state index in [-0.39, 0.29) is 11.2 Å². The second-order valence-electron chi connectivity index (χ2n) is 5.70. The third kappa shape index (κ3) is 4.28. The summed E-state index contributed by atoms with van der Waals surface area (Å²) in [7, 11) is 1.41. The number of hydrogen-bond acceptors (Lipinski definition) is 8. The Morgan fingerprint density at radius 3 is 3.04 bits per heavy atom. The van der Waals surface area contributed by atoms with Gasteiger partial charge in [-0.25, -0.2) is 4.68 Å². The predicted molar refractivity (Wildman–Crippen MR) is 102 cm³/mol. The summed E-state index contributed by atoms with van der Waals surface area (Å²) >= 11 is 6.93. The van der Waals surface area contributed by atoms with Crippen LogP contribution in [0.1, 0.15) is 6.92 Å². The zero-order valence-corrected chi connectivity index (χ0v) is 16.3. The standard InChI is InChI=1S/C17H21N3O4S2/c1-3-23-13-7-5-4-6-12(13)15-18-20(17(25)24-15)11-19-8-9-26-14(10-19)16(21)22-2/h4-7,14H,3,8-11H2,1-2H3/t14-/m1/s1. The molecular formula is C17H21N3O4S2. The molecule has 0 saturated carbocycles. The van der Waals surface area contributed by atoms with Crippen LogP contribution in [-0.4, -0.2) is 58.5 Å². The predicted octanol–water partition coefficient (Wildman–Crippen LogP) is 2.82. The number of aromatic nitrogens is 2. The molecule has 1 aromatic heterocycles. The van der Waals surface area contributed by atoms with Gasteiger partial charge >= 0.3 is 5.97 Å². The van der Waals surface area contributed by atoms with Crippen LogP contribution in [0.25, 0.3) is 11.5 Å². The lowest BCUT2D eigenvalue weighted by atomic mass is 10.2. The fraction of sp³-hybridized carbons (Fsp3) is 0.471. The van der Waals surface area contributed by atoms with Gasteiger partial charge in [0.1, 0.15) is 11.0 Å². The van der Waals surface area contributed by atoms with Gasteiger partial charge < -0.3 is 13.9 Å². The van der Waals surface area contributed by atoms with E-state index in [1.807, 2.05) is 31.2 Å². The molecule has 3 rings (SSSR count). The van der Waals surface area contributed by atoms with E-state index >= 15 is 0 Å². The Morgan fingerprint density at radius 2 is 2.27 bits per heavy atom. The first-order valence-electron chi connectivity index (χ1n) is 8.34.